The molecule has 0 atom stereocenters. The summed E-state index contributed by atoms with van der Waals surface area (Å²) in [5, 5.41) is 9.17. The fourth-order valence-corrected chi connectivity index (χ4v) is 1.63. The number of carbonyl (C=O) groups is 1. The Morgan fingerprint density at radius 2 is 2.12 bits per heavy atom. The molecule has 1 rings (SSSR count). The third-order valence-electron chi connectivity index (χ3n) is 1.61. The van der Waals surface area contributed by atoms with Crippen LogP contribution in [0.15, 0.2) is 23.6 Å². The first-order valence-corrected chi connectivity index (χ1v) is 5.92. The highest BCUT2D eigenvalue weighted by Crippen LogP contribution is 2.15. The van der Waals surface area contributed by atoms with E-state index in [1.165, 1.54) is 6.08 Å². The van der Waals surface area contributed by atoms with E-state index in [2.05, 4.69) is 23.8 Å². The van der Waals surface area contributed by atoms with Crippen molar-refractivity contribution in [2.24, 2.45) is 5.92 Å². The van der Waals surface area contributed by atoms with Crippen molar-refractivity contribution in [2.75, 3.05) is 5.75 Å². The number of carboxylic acids is 1. The zero-order valence-corrected chi connectivity index (χ0v) is 10.1. The molecule has 1 aromatic rings. The fourth-order valence-electron chi connectivity index (χ4n) is 0.895. The number of aliphatic carboxylic acids is 1. The highest BCUT2D eigenvalue weighted by molar-refractivity contribution is 7.99. The summed E-state index contributed by atoms with van der Waals surface area (Å²) in [6.07, 6.45) is 5.78. The standard InChI is InChI=1S/C11H14N2O2S/c1-8(2)7-16-11-12-5-9(6-13-11)3-4-10(14)15/h3-6,8H,7H2,1-2H3,(H,14,15)/b4-3+. The minimum Gasteiger partial charge on any atom is -0.478 e. The first kappa shape index (κ1) is 12.7. The van der Waals surface area contributed by atoms with E-state index in [1.807, 2.05) is 0 Å². The van der Waals surface area contributed by atoms with Gasteiger partial charge in [0.25, 0.3) is 0 Å². The molecule has 0 radical (unpaired) electrons. The maximum absolute atomic E-state index is 10.3. The van der Waals surface area contributed by atoms with E-state index in [-0.39, 0.29) is 0 Å². The number of hydrogen-bond donors (Lipinski definition) is 1. The molecule has 0 aliphatic heterocycles. The molecule has 86 valence electrons. The Morgan fingerprint density at radius 3 is 2.62 bits per heavy atom. The highest BCUT2D eigenvalue weighted by Gasteiger charge is 2.00. The molecule has 1 heterocycles. The lowest BCUT2D eigenvalue weighted by molar-refractivity contribution is -0.131. The molecule has 0 spiro atoms. The zero-order valence-electron chi connectivity index (χ0n) is 9.25. The average Bonchev–Trinajstić information content (AvgIpc) is 2.25. The quantitative estimate of drug-likeness (QED) is 0.484. The van der Waals surface area contributed by atoms with Gasteiger partial charge in [-0.15, -0.1) is 0 Å². The molecule has 0 saturated heterocycles. The Balaban J connectivity index is 2.57. The molecule has 5 heteroatoms. The molecular formula is C11H14N2O2S. The van der Waals surface area contributed by atoms with Crippen molar-refractivity contribution in [1.82, 2.24) is 9.97 Å². The molecule has 0 unspecified atom stereocenters. The number of hydrogen-bond acceptors (Lipinski definition) is 4. The van der Waals surface area contributed by atoms with Gasteiger partial charge in [-0.1, -0.05) is 25.6 Å². The minimum atomic E-state index is -0.974. The number of carboxylic acid groups (broad SMARTS) is 1. The van der Waals surface area contributed by atoms with Gasteiger partial charge in [0.05, 0.1) is 0 Å². The Morgan fingerprint density at radius 1 is 1.50 bits per heavy atom. The summed E-state index contributed by atoms with van der Waals surface area (Å²) in [5.74, 6) is 0.600. The lowest BCUT2D eigenvalue weighted by atomic mass is 10.3. The van der Waals surface area contributed by atoms with Crippen molar-refractivity contribution in [3.8, 4) is 0 Å². The summed E-state index contributed by atoms with van der Waals surface area (Å²) in [5.41, 5.74) is 0.691. The maximum atomic E-state index is 10.3. The van der Waals surface area contributed by atoms with Gasteiger partial charge in [0.15, 0.2) is 5.16 Å². The van der Waals surface area contributed by atoms with Crippen molar-refractivity contribution in [3.05, 3.63) is 24.0 Å². The lowest BCUT2D eigenvalue weighted by Gasteiger charge is -2.02. The summed E-state index contributed by atoms with van der Waals surface area (Å²) >= 11 is 1.60. The van der Waals surface area contributed by atoms with Gasteiger partial charge in [0.2, 0.25) is 0 Å². The molecule has 1 N–H and O–H groups in total. The van der Waals surface area contributed by atoms with Crippen LogP contribution in [0.3, 0.4) is 0 Å². The third kappa shape index (κ3) is 4.93. The summed E-state index contributed by atoms with van der Waals surface area (Å²) in [6, 6.07) is 0. The third-order valence-corrected chi connectivity index (χ3v) is 2.91. The van der Waals surface area contributed by atoms with E-state index >= 15 is 0 Å². The van der Waals surface area contributed by atoms with Gasteiger partial charge >= 0.3 is 5.97 Å². The first-order valence-electron chi connectivity index (χ1n) is 4.94. The van der Waals surface area contributed by atoms with Gasteiger partial charge in [-0.25, -0.2) is 14.8 Å². The monoisotopic (exact) mass is 238 g/mol. The van der Waals surface area contributed by atoms with Crippen LogP contribution in [0.2, 0.25) is 0 Å². The highest BCUT2D eigenvalue weighted by atomic mass is 32.2. The van der Waals surface area contributed by atoms with Gasteiger partial charge < -0.3 is 5.11 Å². The molecule has 0 aliphatic rings. The van der Waals surface area contributed by atoms with Gasteiger partial charge in [-0.2, -0.15) is 0 Å². The summed E-state index contributed by atoms with van der Waals surface area (Å²) in [4.78, 5) is 18.6. The smallest absolute Gasteiger partial charge is 0.328 e. The number of nitrogens with zero attached hydrogens (tertiary/aromatic N) is 2. The minimum absolute atomic E-state index is 0.597. The SMILES string of the molecule is CC(C)CSc1ncc(/C=C/C(=O)O)cn1. The lowest BCUT2D eigenvalue weighted by Crippen LogP contribution is -1.94. The molecule has 0 aromatic carbocycles. The van der Waals surface area contributed by atoms with Crippen molar-refractivity contribution in [1.29, 1.82) is 0 Å². The van der Waals surface area contributed by atoms with Crippen LogP contribution in [-0.4, -0.2) is 26.8 Å². The molecular weight excluding hydrogens is 224 g/mol. The van der Waals surface area contributed by atoms with Gasteiger partial charge in [0.1, 0.15) is 0 Å². The van der Waals surface area contributed by atoms with Crippen LogP contribution in [-0.2, 0) is 4.79 Å². The van der Waals surface area contributed by atoms with E-state index in [0.29, 0.717) is 11.5 Å². The largest absolute Gasteiger partial charge is 0.478 e. The second-order valence-electron chi connectivity index (χ2n) is 3.68. The van der Waals surface area contributed by atoms with Crippen LogP contribution in [0.4, 0.5) is 0 Å². The number of aromatic nitrogens is 2. The molecule has 0 bridgehead atoms. The molecule has 0 saturated carbocycles. The van der Waals surface area contributed by atoms with Crippen molar-refractivity contribution >= 4 is 23.8 Å². The second-order valence-corrected chi connectivity index (χ2v) is 4.66. The predicted octanol–water partition coefficient (Wildman–Crippen LogP) is 2.32. The zero-order chi connectivity index (χ0) is 12.0. The Kier molecular flexibility index (Phi) is 4.98. The number of thioether (sulfide) groups is 1. The van der Waals surface area contributed by atoms with Crippen LogP contribution >= 0.6 is 11.8 Å². The molecule has 1 aromatic heterocycles. The predicted molar refractivity (Wildman–Crippen MR) is 64.3 cm³/mol. The van der Waals surface area contributed by atoms with Crippen molar-refractivity contribution in [2.45, 2.75) is 19.0 Å². The summed E-state index contributed by atoms with van der Waals surface area (Å²) in [7, 11) is 0. The van der Waals surface area contributed by atoms with E-state index in [1.54, 1.807) is 24.2 Å². The van der Waals surface area contributed by atoms with Crippen molar-refractivity contribution < 1.29 is 9.90 Å². The van der Waals surface area contributed by atoms with Gasteiger partial charge in [-0.3, -0.25) is 0 Å². The van der Waals surface area contributed by atoms with Crippen molar-refractivity contribution in [3.63, 3.8) is 0 Å². The van der Waals surface area contributed by atoms with Crippen LogP contribution in [0.1, 0.15) is 19.4 Å². The van der Waals surface area contributed by atoms with Gasteiger partial charge in [-0.05, 0) is 12.0 Å². The number of rotatable bonds is 5. The first-order chi connectivity index (χ1) is 7.58. The summed E-state index contributed by atoms with van der Waals surface area (Å²) in [6.45, 7) is 4.27. The molecule has 4 nitrogen and oxygen atoms in total. The second kappa shape index (κ2) is 6.27. The van der Waals surface area contributed by atoms with E-state index in [9.17, 15) is 4.79 Å². The van der Waals surface area contributed by atoms with Crippen LogP contribution in [0.5, 0.6) is 0 Å². The average molecular weight is 238 g/mol. The van der Waals surface area contributed by atoms with E-state index in [0.717, 1.165) is 17.0 Å². The Bertz CT molecular complexity index is 374. The van der Waals surface area contributed by atoms with Crippen LogP contribution < -0.4 is 0 Å². The molecule has 0 aliphatic carbocycles. The van der Waals surface area contributed by atoms with Crippen LogP contribution in [0, 0.1) is 5.92 Å². The van der Waals surface area contributed by atoms with Gasteiger partial charge in [0, 0.05) is 29.8 Å². The Labute approximate surface area is 98.8 Å². The van der Waals surface area contributed by atoms with E-state index < -0.39 is 5.97 Å². The molecule has 0 fully saturated rings. The normalized spacial score (nSPS) is 11.2. The maximum Gasteiger partial charge on any atom is 0.328 e. The molecule has 0 amide bonds. The Hall–Kier alpha value is -1.36. The fraction of sp³-hybridized carbons (Fsp3) is 0.364. The topological polar surface area (TPSA) is 63.1 Å². The summed E-state index contributed by atoms with van der Waals surface area (Å²) < 4.78 is 0. The molecule has 16 heavy (non-hydrogen) atoms. The van der Waals surface area contributed by atoms with Crippen LogP contribution in [0.25, 0.3) is 6.08 Å². The van der Waals surface area contributed by atoms with E-state index in [4.69, 9.17) is 5.11 Å².